The Balaban J connectivity index is 0.878. The molecule has 2 aliphatic rings. The maximum Gasteiger partial charge on any atom is 0.408 e. The third-order valence-electron chi connectivity index (χ3n) is 14.6. The number of nitrogens with one attached hydrogen (secondary N) is 1. The Bertz CT molecular complexity index is 3040. The summed E-state index contributed by atoms with van der Waals surface area (Å²) in [6.45, 7) is 5.48. The van der Waals surface area contributed by atoms with Crippen molar-refractivity contribution < 1.29 is 47.6 Å². The second-order valence-electron chi connectivity index (χ2n) is 20.2. The van der Waals surface area contributed by atoms with Crippen molar-refractivity contribution in [2.75, 3.05) is 58.2 Å². The molecule has 0 bridgehead atoms. The zero-order valence-corrected chi connectivity index (χ0v) is 46.2. The molecule has 2 aliphatic heterocycles. The SMILES string of the molecule is COc1ccc(C(Nc2ccn([C@@H]3O[C@H](COP(=O)(OCCSC(=O)C(C)(C)COC(c4ccccc4)(c4ccccc4)c4ccccc4)N4CCCC4)[C@H](O)C3(C)O)c(=O)n2)(c2ccccc2)c2ccc(OC)cc2)cc1. The fraction of sp³-hybridized carbons (Fsp3) is 0.328. The lowest BCUT2D eigenvalue weighted by molar-refractivity contribution is -0.124. The molecule has 2 unspecified atom stereocenters. The number of aliphatic hydroxyl groups excluding tert-OH is 1. The van der Waals surface area contributed by atoms with Gasteiger partial charge < -0.3 is 34.5 Å². The summed E-state index contributed by atoms with van der Waals surface area (Å²) in [5.41, 5.74) is -0.607. The minimum absolute atomic E-state index is 0.0790. The van der Waals surface area contributed by atoms with E-state index in [1.165, 1.54) is 13.1 Å². The van der Waals surface area contributed by atoms with Crippen LogP contribution in [0.3, 0.4) is 0 Å². The van der Waals surface area contributed by atoms with E-state index in [0.717, 1.165) is 62.6 Å². The highest BCUT2D eigenvalue weighted by Gasteiger charge is 2.54. The van der Waals surface area contributed by atoms with Crippen molar-refractivity contribution >= 4 is 30.4 Å². The summed E-state index contributed by atoms with van der Waals surface area (Å²) in [5.74, 6) is 1.70. The van der Waals surface area contributed by atoms with Gasteiger partial charge in [-0.25, -0.2) is 14.0 Å². The monoisotopic (exact) mass is 1090 g/mol. The molecule has 17 heteroatoms. The van der Waals surface area contributed by atoms with Crippen molar-refractivity contribution in [1.29, 1.82) is 0 Å². The van der Waals surface area contributed by atoms with Crippen molar-refractivity contribution in [3.63, 3.8) is 0 Å². The van der Waals surface area contributed by atoms with Crippen molar-refractivity contribution in [2.45, 2.75) is 68.8 Å². The molecule has 0 radical (unpaired) electrons. The first-order chi connectivity index (χ1) is 37.6. The molecule has 5 atom stereocenters. The number of thioether (sulfide) groups is 1. The molecule has 15 nitrogen and oxygen atoms in total. The molecule has 0 saturated carbocycles. The average molecular weight is 1100 g/mol. The lowest BCUT2D eigenvalue weighted by atomic mass is 9.77. The van der Waals surface area contributed by atoms with Crippen LogP contribution in [0.25, 0.3) is 0 Å². The number of rotatable bonds is 23. The normalized spacial score (nSPS) is 19.8. The van der Waals surface area contributed by atoms with E-state index in [9.17, 15) is 24.4 Å². The molecule has 0 aliphatic carbocycles. The van der Waals surface area contributed by atoms with Crippen LogP contribution >= 0.6 is 19.5 Å². The van der Waals surface area contributed by atoms with Gasteiger partial charge in [0.25, 0.3) is 0 Å². The minimum Gasteiger partial charge on any atom is -0.497 e. The molecule has 7 aromatic rings. The van der Waals surface area contributed by atoms with Gasteiger partial charge in [0, 0.05) is 25.0 Å². The molecule has 6 aromatic carbocycles. The zero-order chi connectivity index (χ0) is 55.0. The Morgan fingerprint density at radius 3 is 1.68 bits per heavy atom. The van der Waals surface area contributed by atoms with Crippen molar-refractivity contribution in [1.82, 2.24) is 14.2 Å². The summed E-state index contributed by atoms with van der Waals surface area (Å²) in [6.07, 6.45) is -1.27. The van der Waals surface area contributed by atoms with Crippen LogP contribution in [0.1, 0.15) is 73.2 Å². The molecule has 3 heterocycles. The van der Waals surface area contributed by atoms with Crippen LogP contribution in [0.2, 0.25) is 0 Å². The maximum absolute atomic E-state index is 14.7. The number of aromatic nitrogens is 2. The molecular formula is C61H67N4O11PS. The van der Waals surface area contributed by atoms with Gasteiger partial charge in [-0.2, -0.15) is 4.98 Å². The average Bonchev–Trinajstić information content (AvgIpc) is 4.25. The van der Waals surface area contributed by atoms with Gasteiger partial charge in [-0.15, -0.1) is 0 Å². The predicted octanol–water partition coefficient (Wildman–Crippen LogP) is 10.2. The van der Waals surface area contributed by atoms with E-state index in [4.69, 9.17) is 28.0 Å². The highest BCUT2D eigenvalue weighted by Crippen LogP contribution is 2.55. The summed E-state index contributed by atoms with van der Waals surface area (Å²) in [4.78, 5) is 32.7. The van der Waals surface area contributed by atoms with Gasteiger partial charge in [-0.05, 0) is 97.3 Å². The van der Waals surface area contributed by atoms with Gasteiger partial charge in [0.2, 0.25) is 0 Å². The summed E-state index contributed by atoms with van der Waals surface area (Å²) >= 11 is 1.06. The Morgan fingerprint density at radius 2 is 1.21 bits per heavy atom. The second kappa shape index (κ2) is 24.3. The molecule has 2 saturated heterocycles. The summed E-state index contributed by atoms with van der Waals surface area (Å²) in [6, 6.07) is 56.5. The van der Waals surface area contributed by atoms with Crippen LogP contribution in [-0.4, -0.2) is 100 Å². The number of hydrogen-bond donors (Lipinski definition) is 3. The van der Waals surface area contributed by atoms with Gasteiger partial charge in [0.1, 0.15) is 46.3 Å². The molecule has 0 spiro atoms. The zero-order valence-electron chi connectivity index (χ0n) is 44.5. The van der Waals surface area contributed by atoms with Gasteiger partial charge in [-0.3, -0.25) is 18.4 Å². The van der Waals surface area contributed by atoms with E-state index >= 15 is 0 Å². The summed E-state index contributed by atoms with van der Waals surface area (Å²) in [5, 5.41) is 26.9. The van der Waals surface area contributed by atoms with E-state index in [1.807, 2.05) is 184 Å². The first-order valence-electron chi connectivity index (χ1n) is 26.0. The number of methoxy groups -OCH3 is 2. The number of aliphatic hydroxyl groups is 2. The van der Waals surface area contributed by atoms with Crippen LogP contribution in [-0.2, 0) is 39.0 Å². The van der Waals surface area contributed by atoms with Crippen LogP contribution < -0.4 is 20.5 Å². The molecule has 78 heavy (non-hydrogen) atoms. The lowest BCUT2D eigenvalue weighted by Gasteiger charge is -2.38. The Labute approximate surface area is 460 Å². The standard InChI is InChI=1S/C61H67N4O11PS/c1-58(2,43-73-61(47-22-12-7-13-23-47,48-24-14-8-15-25-48)49-26-16-9-17-27-49)56(67)78-41-40-74-77(70,64-37-18-19-38-64)75-42-52-54(66)59(3,69)55(76-52)65-39-36-53(62-57(65)68)63-60(44-20-10-6-11-21-44,45-28-32-50(71-4)33-29-45)46-30-34-51(72-5)35-31-46/h6-17,20-36,39,52,54-55,66,69H,18-19,37-38,40-43H2,1-5H3,(H,62,63,68)/t52-,54+,55-,59?,77?/m1/s1. The van der Waals surface area contributed by atoms with Gasteiger partial charge in [0.05, 0.1) is 39.5 Å². The van der Waals surface area contributed by atoms with Crippen LogP contribution in [0.5, 0.6) is 11.5 Å². The smallest absolute Gasteiger partial charge is 0.408 e. The fourth-order valence-corrected chi connectivity index (χ4v) is 13.0. The molecule has 9 rings (SSSR count). The number of nitrogens with zero attached hydrogens (tertiary/aromatic N) is 3. The van der Waals surface area contributed by atoms with Gasteiger partial charge in [-0.1, -0.05) is 157 Å². The number of anilines is 1. The molecule has 1 aromatic heterocycles. The molecule has 3 N–H and O–H groups in total. The van der Waals surface area contributed by atoms with Crippen molar-refractivity contribution in [3.05, 3.63) is 226 Å². The topological polar surface area (TPSA) is 180 Å². The largest absolute Gasteiger partial charge is 0.497 e. The van der Waals surface area contributed by atoms with Crippen LogP contribution in [0.4, 0.5) is 5.82 Å². The van der Waals surface area contributed by atoms with Gasteiger partial charge >= 0.3 is 13.4 Å². The molecule has 408 valence electrons. The number of ether oxygens (including phenoxy) is 4. The van der Waals surface area contributed by atoms with E-state index in [2.05, 4.69) is 10.3 Å². The fourth-order valence-electron chi connectivity index (χ4n) is 10.2. The highest BCUT2D eigenvalue weighted by atomic mass is 32.2. The van der Waals surface area contributed by atoms with Crippen molar-refractivity contribution in [3.8, 4) is 11.5 Å². The minimum atomic E-state index is -4.03. The number of carbonyl (C=O) groups is 1. The Morgan fingerprint density at radius 1 is 0.731 bits per heavy atom. The van der Waals surface area contributed by atoms with Crippen LogP contribution in [0, 0.1) is 5.41 Å². The molecule has 2 fully saturated rings. The number of benzene rings is 6. The number of carbonyl (C=O) groups excluding carboxylic acids is 1. The van der Waals surface area contributed by atoms with Crippen LogP contribution in [0.15, 0.2) is 187 Å². The number of hydrogen-bond acceptors (Lipinski definition) is 14. The quantitative estimate of drug-likeness (QED) is 0.0313. The third kappa shape index (κ3) is 11.6. The first kappa shape index (κ1) is 56.3. The summed E-state index contributed by atoms with van der Waals surface area (Å²) in [7, 11) is -0.830. The second-order valence-corrected chi connectivity index (χ2v) is 23.3. The van der Waals surface area contributed by atoms with E-state index < -0.39 is 60.6 Å². The molecular weight excluding hydrogens is 1030 g/mol. The highest BCUT2D eigenvalue weighted by molar-refractivity contribution is 8.13. The van der Waals surface area contributed by atoms with Gasteiger partial charge in [0.15, 0.2) is 11.3 Å². The summed E-state index contributed by atoms with van der Waals surface area (Å²) < 4.78 is 53.9. The first-order valence-corrected chi connectivity index (χ1v) is 28.5. The van der Waals surface area contributed by atoms with E-state index in [-0.39, 0.29) is 29.9 Å². The third-order valence-corrected chi connectivity index (χ3v) is 17.8. The maximum atomic E-state index is 14.7. The Hall–Kier alpha value is -6.43. The molecule has 0 amide bonds. The van der Waals surface area contributed by atoms with Crippen molar-refractivity contribution in [2.24, 2.45) is 5.41 Å². The predicted molar refractivity (Wildman–Crippen MR) is 302 cm³/mol. The Kier molecular flexibility index (Phi) is 17.5. The van der Waals surface area contributed by atoms with E-state index in [1.54, 1.807) is 25.0 Å². The lowest BCUT2D eigenvalue weighted by Crippen LogP contribution is -2.46. The van der Waals surface area contributed by atoms with E-state index in [0.29, 0.717) is 24.6 Å².